The van der Waals surface area contributed by atoms with Crippen molar-refractivity contribution < 1.29 is 19.1 Å². The average molecular weight is 373 g/mol. The number of aryl methyl sites for hydroxylation is 1. The van der Waals surface area contributed by atoms with Gasteiger partial charge in [-0.3, -0.25) is 9.59 Å². The SMILES string of the molecule is CCOC(=O)c1cc(NC(=O)CN2C(=O)CSc3ccccc32)cn1C. The number of rotatable bonds is 5. The van der Waals surface area contributed by atoms with E-state index in [0.29, 0.717) is 17.1 Å². The summed E-state index contributed by atoms with van der Waals surface area (Å²) in [4.78, 5) is 38.9. The molecule has 1 aromatic heterocycles. The molecule has 0 unspecified atom stereocenters. The average Bonchev–Trinajstić information content (AvgIpc) is 2.98. The Bertz CT molecular complexity index is 862. The van der Waals surface area contributed by atoms with Crippen LogP contribution in [0.25, 0.3) is 0 Å². The lowest BCUT2D eigenvalue weighted by Gasteiger charge is -2.28. The molecule has 1 N–H and O–H groups in total. The number of fused-ring (bicyclic) bond motifs is 1. The zero-order chi connectivity index (χ0) is 18.7. The van der Waals surface area contributed by atoms with E-state index in [4.69, 9.17) is 4.74 Å². The van der Waals surface area contributed by atoms with Crippen molar-refractivity contribution in [1.29, 1.82) is 0 Å². The third-order valence-corrected chi connectivity index (χ3v) is 4.93. The summed E-state index contributed by atoms with van der Waals surface area (Å²) < 4.78 is 6.56. The molecule has 2 aromatic rings. The fourth-order valence-electron chi connectivity index (χ4n) is 2.71. The number of hydrogen-bond donors (Lipinski definition) is 1. The van der Waals surface area contributed by atoms with Crippen molar-refractivity contribution in [1.82, 2.24) is 4.57 Å². The number of carbonyl (C=O) groups is 3. The smallest absolute Gasteiger partial charge is 0.355 e. The van der Waals surface area contributed by atoms with Crippen molar-refractivity contribution in [2.75, 3.05) is 29.1 Å². The summed E-state index contributed by atoms with van der Waals surface area (Å²) in [6, 6.07) is 9.05. The Hall–Kier alpha value is -2.74. The summed E-state index contributed by atoms with van der Waals surface area (Å²) in [6.45, 7) is 1.93. The van der Waals surface area contributed by atoms with Crippen LogP contribution in [0.4, 0.5) is 11.4 Å². The first-order valence-electron chi connectivity index (χ1n) is 8.15. The van der Waals surface area contributed by atoms with Gasteiger partial charge in [0.1, 0.15) is 12.2 Å². The number of para-hydroxylation sites is 1. The summed E-state index contributed by atoms with van der Waals surface area (Å²) in [6.07, 6.45) is 1.63. The fourth-order valence-corrected chi connectivity index (χ4v) is 3.65. The van der Waals surface area contributed by atoms with Gasteiger partial charge in [0.05, 0.1) is 23.7 Å². The monoisotopic (exact) mass is 373 g/mol. The molecular formula is C18H19N3O4S. The lowest BCUT2D eigenvalue weighted by atomic mass is 10.2. The van der Waals surface area contributed by atoms with E-state index in [1.165, 1.54) is 16.7 Å². The molecule has 2 amide bonds. The van der Waals surface area contributed by atoms with Gasteiger partial charge in [-0.05, 0) is 25.1 Å². The molecular weight excluding hydrogens is 354 g/mol. The molecule has 0 spiro atoms. The lowest BCUT2D eigenvalue weighted by Crippen LogP contribution is -2.41. The zero-order valence-electron chi connectivity index (χ0n) is 14.5. The number of esters is 1. The first-order valence-corrected chi connectivity index (χ1v) is 9.13. The van der Waals surface area contributed by atoms with Crippen LogP contribution in [-0.4, -0.2) is 41.3 Å². The van der Waals surface area contributed by atoms with E-state index in [-0.39, 0.29) is 25.0 Å². The van der Waals surface area contributed by atoms with Gasteiger partial charge in [0.25, 0.3) is 0 Å². The Morgan fingerprint density at radius 2 is 2.08 bits per heavy atom. The van der Waals surface area contributed by atoms with Crippen LogP contribution in [0.5, 0.6) is 0 Å². The van der Waals surface area contributed by atoms with Crippen LogP contribution in [0.15, 0.2) is 41.4 Å². The van der Waals surface area contributed by atoms with Crippen molar-refractivity contribution in [3.63, 3.8) is 0 Å². The molecule has 0 radical (unpaired) electrons. The second-order valence-electron chi connectivity index (χ2n) is 5.73. The van der Waals surface area contributed by atoms with E-state index >= 15 is 0 Å². The zero-order valence-corrected chi connectivity index (χ0v) is 15.3. The number of thioether (sulfide) groups is 1. The number of nitrogens with one attached hydrogen (secondary N) is 1. The second-order valence-corrected chi connectivity index (χ2v) is 6.75. The maximum Gasteiger partial charge on any atom is 0.355 e. The number of nitrogens with zero attached hydrogens (tertiary/aromatic N) is 2. The highest BCUT2D eigenvalue weighted by Crippen LogP contribution is 2.34. The first kappa shape index (κ1) is 18.1. The van der Waals surface area contributed by atoms with Crippen LogP contribution in [-0.2, 0) is 21.4 Å². The van der Waals surface area contributed by atoms with Crippen molar-refractivity contribution in [3.05, 3.63) is 42.2 Å². The predicted octanol–water partition coefficient (Wildman–Crippen LogP) is 2.28. The highest BCUT2D eigenvalue weighted by atomic mass is 32.2. The Balaban J connectivity index is 1.71. The molecule has 1 aromatic carbocycles. The maximum atomic E-state index is 12.4. The van der Waals surface area contributed by atoms with Gasteiger partial charge in [-0.15, -0.1) is 11.8 Å². The van der Waals surface area contributed by atoms with E-state index in [1.54, 1.807) is 30.8 Å². The molecule has 3 rings (SSSR count). The van der Waals surface area contributed by atoms with Gasteiger partial charge in [-0.2, -0.15) is 0 Å². The lowest BCUT2D eigenvalue weighted by molar-refractivity contribution is -0.120. The van der Waals surface area contributed by atoms with Gasteiger partial charge in [0.2, 0.25) is 11.8 Å². The molecule has 0 fully saturated rings. The van der Waals surface area contributed by atoms with E-state index < -0.39 is 5.97 Å². The highest BCUT2D eigenvalue weighted by molar-refractivity contribution is 8.00. The molecule has 2 heterocycles. The molecule has 7 nitrogen and oxygen atoms in total. The largest absolute Gasteiger partial charge is 0.461 e. The van der Waals surface area contributed by atoms with E-state index in [9.17, 15) is 14.4 Å². The Kier molecular flexibility index (Phi) is 5.32. The van der Waals surface area contributed by atoms with Gasteiger partial charge in [-0.1, -0.05) is 12.1 Å². The van der Waals surface area contributed by atoms with Gasteiger partial charge in [0.15, 0.2) is 0 Å². The highest BCUT2D eigenvalue weighted by Gasteiger charge is 2.26. The fraction of sp³-hybridized carbons (Fsp3) is 0.278. The minimum atomic E-state index is -0.451. The van der Waals surface area contributed by atoms with Crippen molar-refractivity contribution in [3.8, 4) is 0 Å². The van der Waals surface area contributed by atoms with Crippen LogP contribution < -0.4 is 10.2 Å². The van der Waals surface area contributed by atoms with Crippen molar-refractivity contribution in [2.45, 2.75) is 11.8 Å². The topological polar surface area (TPSA) is 80.6 Å². The number of hydrogen-bond acceptors (Lipinski definition) is 5. The standard InChI is InChI=1S/C18H19N3O4S/c1-3-25-18(24)14-8-12(9-20(14)2)19-16(22)10-21-13-6-4-5-7-15(13)26-11-17(21)23/h4-9H,3,10-11H2,1-2H3,(H,19,22). The number of amides is 2. The molecule has 0 saturated carbocycles. The Morgan fingerprint density at radius 1 is 1.31 bits per heavy atom. The normalized spacial score (nSPS) is 13.3. The van der Waals surface area contributed by atoms with Gasteiger partial charge in [-0.25, -0.2) is 4.79 Å². The number of benzene rings is 1. The third kappa shape index (κ3) is 3.75. The number of aromatic nitrogens is 1. The number of ether oxygens (including phenoxy) is 1. The first-order chi connectivity index (χ1) is 12.5. The molecule has 26 heavy (non-hydrogen) atoms. The molecule has 1 aliphatic rings. The summed E-state index contributed by atoms with van der Waals surface area (Å²) in [7, 11) is 1.70. The van der Waals surface area contributed by atoms with Crippen molar-refractivity contribution in [2.24, 2.45) is 7.05 Å². The molecule has 1 aliphatic heterocycles. The summed E-state index contributed by atoms with van der Waals surface area (Å²) in [5.74, 6) is -0.583. The van der Waals surface area contributed by atoms with Crippen LogP contribution >= 0.6 is 11.8 Å². The van der Waals surface area contributed by atoms with Gasteiger partial charge < -0.3 is 19.5 Å². The molecule has 0 aliphatic carbocycles. The van der Waals surface area contributed by atoms with Crippen LogP contribution in [0, 0.1) is 0 Å². The maximum absolute atomic E-state index is 12.4. The number of carbonyl (C=O) groups excluding carboxylic acids is 3. The summed E-state index contributed by atoms with van der Waals surface area (Å²) in [5, 5.41) is 2.73. The van der Waals surface area contributed by atoms with Crippen LogP contribution in [0.1, 0.15) is 17.4 Å². The van der Waals surface area contributed by atoms with Crippen molar-refractivity contribution >= 4 is 40.9 Å². The van der Waals surface area contributed by atoms with Crippen LogP contribution in [0.3, 0.4) is 0 Å². The van der Waals surface area contributed by atoms with E-state index in [0.717, 1.165) is 10.6 Å². The summed E-state index contributed by atoms with van der Waals surface area (Å²) in [5.41, 5.74) is 1.56. The van der Waals surface area contributed by atoms with Gasteiger partial charge >= 0.3 is 5.97 Å². The molecule has 0 saturated heterocycles. The van der Waals surface area contributed by atoms with Crippen LogP contribution in [0.2, 0.25) is 0 Å². The molecule has 8 heteroatoms. The molecule has 136 valence electrons. The van der Waals surface area contributed by atoms with E-state index in [1.807, 2.05) is 24.3 Å². The Labute approximate surface area is 155 Å². The second kappa shape index (κ2) is 7.65. The molecule has 0 bridgehead atoms. The predicted molar refractivity (Wildman–Crippen MR) is 99.5 cm³/mol. The Morgan fingerprint density at radius 3 is 2.85 bits per heavy atom. The van der Waals surface area contributed by atoms with Gasteiger partial charge in [0, 0.05) is 18.1 Å². The minimum absolute atomic E-state index is 0.0833. The number of anilines is 2. The molecule has 0 atom stereocenters. The quantitative estimate of drug-likeness (QED) is 0.814. The third-order valence-electron chi connectivity index (χ3n) is 3.88. The minimum Gasteiger partial charge on any atom is -0.461 e. The summed E-state index contributed by atoms with van der Waals surface area (Å²) >= 11 is 1.47. The van der Waals surface area contributed by atoms with E-state index in [2.05, 4.69) is 5.32 Å².